The topological polar surface area (TPSA) is 83.5 Å². The van der Waals surface area contributed by atoms with Gasteiger partial charge in [0.1, 0.15) is 0 Å². The first-order chi connectivity index (χ1) is 5.60. The van der Waals surface area contributed by atoms with Gasteiger partial charge in [-0.15, -0.1) is 0 Å². The molecule has 0 aliphatic rings. The minimum atomic E-state index is -0.824. The lowest BCUT2D eigenvalue weighted by molar-refractivity contribution is -0.138. The third-order valence-corrected chi connectivity index (χ3v) is 1.84. The molecule has 0 aromatic heterocycles. The van der Waals surface area contributed by atoms with Crippen molar-refractivity contribution in [3.05, 3.63) is 0 Å². The first kappa shape index (κ1) is 11.4. The molecular weight excluding hydrogens is 158 g/mol. The Kier molecular flexibility index (Phi) is 5.66. The van der Waals surface area contributed by atoms with E-state index in [1.54, 1.807) is 0 Å². The lowest BCUT2D eigenvalue weighted by Crippen LogP contribution is -2.21. The number of carboxylic acids is 1. The van der Waals surface area contributed by atoms with E-state index in [1.807, 2.05) is 6.92 Å². The summed E-state index contributed by atoms with van der Waals surface area (Å²) < 4.78 is 0. The maximum atomic E-state index is 10.3. The van der Waals surface area contributed by atoms with Gasteiger partial charge in [0.05, 0.1) is 0 Å². The number of aliphatic hydroxyl groups excluding tert-OH is 1. The van der Waals surface area contributed by atoms with E-state index in [0.717, 1.165) is 0 Å². The fourth-order valence-corrected chi connectivity index (χ4v) is 1.15. The molecule has 0 aliphatic heterocycles. The highest BCUT2D eigenvalue weighted by Crippen LogP contribution is 2.13. The van der Waals surface area contributed by atoms with Gasteiger partial charge in [0.15, 0.2) is 0 Å². The van der Waals surface area contributed by atoms with Crippen molar-refractivity contribution in [3.63, 3.8) is 0 Å². The molecular formula is C8H17NO3. The molecule has 0 bridgehead atoms. The van der Waals surface area contributed by atoms with Gasteiger partial charge >= 0.3 is 5.97 Å². The molecule has 2 atom stereocenters. The lowest BCUT2D eigenvalue weighted by Gasteiger charge is -2.15. The average molecular weight is 175 g/mol. The quantitative estimate of drug-likeness (QED) is 0.532. The van der Waals surface area contributed by atoms with Gasteiger partial charge in [-0.25, -0.2) is 0 Å². The van der Waals surface area contributed by atoms with E-state index < -0.39 is 5.97 Å². The van der Waals surface area contributed by atoms with Gasteiger partial charge in [-0.1, -0.05) is 6.92 Å². The maximum Gasteiger partial charge on any atom is 0.303 e. The number of nitrogens with two attached hydrogens (primary N) is 1. The Hall–Kier alpha value is -0.610. The molecule has 72 valence electrons. The molecule has 0 aliphatic carbocycles. The Labute approximate surface area is 72.4 Å². The molecule has 0 aromatic rings. The van der Waals surface area contributed by atoms with E-state index in [1.165, 1.54) is 0 Å². The predicted molar refractivity (Wildman–Crippen MR) is 45.7 cm³/mol. The smallest absolute Gasteiger partial charge is 0.303 e. The molecule has 0 heterocycles. The van der Waals surface area contributed by atoms with Crippen LogP contribution in [0.5, 0.6) is 0 Å². The van der Waals surface area contributed by atoms with Crippen molar-refractivity contribution in [1.82, 2.24) is 0 Å². The minimum absolute atomic E-state index is 0.00958. The highest BCUT2D eigenvalue weighted by molar-refractivity contribution is 5.67. The van der Waals surface area contributed by atoms with Crippen LogP contribution in [0, 0.1) is 11.8 Å². The summed E-state index contributed by atoms with van der Waals surface area (Å²) in [5.74, 6) is -0.696. The first-order valence-corrected chi connectivity index (χ1v) is 4.12. The number of carbonyl (C=O) groups is 1. The van der Waals surface area contributed by atoms with Crippen LogP contribution in [0.15, 0.2) is 0 Å². The second-order valence-electron chi connectivity index (χ2n) is 3.22. The Morgan fingerprint density at radius 2 is 2.17 bits per heavy atom. The summed E-state index contributed by atoms with van der Waals surface area (Å²) >= 11 is 0. The van der Waals surface area contributed by atoms with Crippen LogP contribution >= 0.6 is 0 Å². The molecule has 0 spiro atoms. The van der Waals surface area contributed by atoms with E-state index in [9.17, 15) is 4.79 Å². The average Bonchev–Trinajstić information content (AvgIpc) is 2.02. The van der Waals surface area contributed by atoms with Crippen molar-refractivity contribution in [3.8, 4) is 0 Å². The number of aliphatic hydroxyl groups is 1. The molecule has 0 fully saturated rings. The zero-order chi connectivity index (χ0) is 9.56. The van der Waals surface area contributed by atoms with E-state index >= 15 is 0 Å². The monoisotopic (exact) mass is 175 g/mol. The molecule has 12 heavy (non-hydrogen) atoms. The van der Waals surface area contributed by atoms with Crippen LogP contribution in [0.3, 0.4) is 0 Å². The summed E-state index contributed by atoms with van der Waals surface area (Å²) in [6.07, 6.45) is 0.778. The molecule has 4 N–H and O–H groups in total. The minimum Gasteiger partial charge on any atom is -0.481 e. The molecule has 0 radical (unpaired) electrons. The zero-order valence-electron chi connectivity index (χ0n) is 7.36. The van der Waals surface area contributed by atoms with Gasteiger partial charge in [-0.05, 0) is 24.8 Å². The van der Waals surface area contributed by atoms with Crippen molar-refractivity contribution in [2.75, 3.05) is 13.2 Å². The maximum absolute atomic E-state index is 10.3. The number of rotatable bonds is 6. The third kappa shape index (κ3) is 5.09. The Balaban J connectivity index is 3.74. The number of aliphatic carboxylic acids is 1. The van der Waals surface area contributed by atoms with Crippen molar-refractivity contribution >= 4 is 5.97 Å². The fourth-order valence-electron chi connectivity index (χ4n) is 1.15. The van der Waals surface area contributed by atoms with Crippen LogP contribution in [0.4, 0.5) is 0 Å². The lowest BCUT2D eigenvalue weighted by atomic mass is 9.94. The Morgan fingerprint density at radius 1 is 1.58 bits per heavy atom. The number of hydrogen-bond donors (Lipinski definition) is 3. The van der Waals surface area contributed by atoms with Crippen molar-refractivity contribution in [2.45, 2.75) is 19.8 Å². The van der Waals surface area contributed by atoms with Crippen molar-refractivity contribution < 1.29 is 15.0 Å². The van der Waals surface area contributed by atoms with Gasteiger partial charge in [-0.2, -0.15) is 0 Å². The summed E-state index contributed by atoms with van der Waals surface area (Å²) in [6.45, 7) is 2.34. The van der Waals surface area contributed by atoms with Gasteiger partial charge in [0.25, 0.3) is 0 Å². The van der Waals surface area contributed by atoms with Crippen molar-refractivity contribution in [2.24, 2.45) is 17.6 Å². The number of carboxylic acid groups (broad SMARTS) is 1. The van der Waals surface area contributed by atoms with Crippen LogP contribution in [-0.4, -0.2) is 29.3 Å². The molecule has 1 unspecified atom stereocenters. The highest BCUT2D eigenvalue weighted by Gasteiger charge is 2.14. The fraction of sp³-hybridized carbons (Fsp3) is 0.875. The molecule has 4 heteroatoms. The van der Waals surface area contributed by atoms with Crippen LogP contribution < -0.4 is 5.73 Å². The molecule has 0 saturated heterocycles. The second-order valence-corrected chi connectivity index (χ2v) is 3.22. The standard InChI is InChI=1S/C8H17NO3/c1-6(5-10)2-7(4-9)3-8(11)12/h6-7,10H,2-5,9H2,1H3,(H,11,12)/t6?,7-/m0/s1. The summed E-state index contributed by atoms with van der Waals surface area (Å²) in [5.41, 5.74) is 5.38. The van der Waals surface area contributed by atoms with E-state index in [2.05, 4.69) is 0 Å². The zero-order valence-corrected chi connectivity index (χ0v) is 7.36. The number of hydrogen-bond acceptors (Lipinski definition) is 3. The molecule has 0 aromatic carbocycles. The van der Waals surface area contributed by atoms with Crippen LogP contribution in [-0.2, 0) is 4.79 Å². The Morgan fingerprint density at radius 3 is 2.50 bits per heavy atom. The van der Waals surface area contributed by atoms with Gasteiger partial charge in [-0.3, -0.25) is 4.79 Å². The SMILES string of the molecule is CC(CO)C[C@H](CN)CC(=O)O. The van der Waals surface area contributed by atoms with Gasteiger partial charge < -0.3 is 15.9 Å². The summed E-state index contributed by atoms with van der Waals surface area (Å²) in [5, 5.41) is 17.2. The van der Waals surface area contributed by atoms with Gasteiger partial charge in [0.2, 0.25) is 0 Å². The van der Waals surface area contributed by atoms with E-state index in [0.29, 0.717) is 13.0 Å². The second kappa shape index (κ2) is 5.97. The summed E-state index contributed by atoms with van der Waals surface area (Å²) in [6, 6.07) is 0. The summed E-state index contributed by atoms with van der Waals surface area (Å²) in [7, 11) is 0. The summed E-state index contributed by atoms with van der Waals surface area (Å²) in [4.78, 5) is 10.3. The first-order valence-electron chi connectivity index (χ1n) is 4.12. The van der Waals surface area contributed by atoms with E-state index in [4.69, 9.17) is 15.9 Å². The normalized spacial score (nSPS) is 15.6. The van der Waals surface area contributed by atoms with E-state index in [-0.39, 0.29) is 24.9 Å². The van der Waals surface area contributed by atoms with Gasteiger partial charge in [0, 0.05) is 13.0 Å². The predicted octanol–water partition coefficient (Wildman–Crippen LogP) is 0.0545. The molecule has 0 saturated carbocycles. The third-order valence-electron chi connectivity index (χ3n) is 1.84. The van der Waals surface area contributed by atoms with Crippen molar-refractivity contribution in [1.29, 1.82) is 0 Å². The van der Waals surface area contributed by atoms with Crippen LogP contribution in [0.2, 0.25) is 0 Å². The Bertz CT molecular complexity index is 138. The van der Waals surface area contributed by atoms with Crippen LogP contribution in [0.25, 0.3) is 0 Å². The largest absolute Gasteiger partial charge is 0.481 e. The molecule has 4 nitrogen and oxygen atoms in total. The highest BCUT2D eigenvalue weighted by atomic mass is 16.4. The molecule has 0 amide bonds. The molecule has 0 rings (SSSR count). The van der Waals surface area contributed by atoms with Crippen LogP contribution in [0.1, 0.15) is 19.8 Å².